The number of rotatable bonds is 10. The smallest absolute Gasteiger partial charge is 0.191 e. The van der Waals surface area contributed by atoms with Crippen LogP contribution in [0.1, 0.15) is 30.0 Å². The molecule has 31 heavy (non-hydrogen) atoms. The number of nitrogens with zero attached hydrogens (tertiary/aromatic N) is 2. The number of aliphatic imine (C=N–C) groups is 1. The molecule has 0 aromatic heterocycles. The standard InChI is InChI=1S/C25H36N4O2/c1-3-26-25(27-14-6-7-21-10-12-24(30-2)13-11-21)28-19-22-8-4-5-9-23(22)20-29-15-17-31-18-16-29/h4-5,8-13H,3,6-7,14-20H2,1-2H3,(H2,26,27,28). The van der Waals surface area contributed by atoms with E-state index in [1.54, 1.807) is 7.11 Å². The minimum Gasteiger partial charge on any atom is -0.497 e. The number of morpholine rings is 1. The average molecular weight is 425 g/mol. The van der Waals surface area contributed by atoms with Crippen molar-refractivity contribution in [3.05, 3.63) is 65.2 Å². The Kier molecular flexibility index (Phi) is 9.67. The van der Waals surface area contributed by atoms with Crippen LogP contribution in [0.2, 0.25) is 0 Å². The first kappa shape index (κ1) is 23.1. The van der Waals surface area contributed by atoms with Crippen LogP contribution in [0, 0.1) is 0 Å². The molecule has 1 aliphatic rings. The molecule has 1 saturated heterocycles. The van der Waals surface area contributed by atoms with Crippen molar-refractivity contribution in [2.45, 2.75) is 32.9 Å². The van der Waals surface area contributed by atoms with E-state index in [1.807, 2.05) is 12.1 Å². The van der Waals surface area contributed by atoms with Crippen LogP contribution in [0.3, 0.4) is 0 Å². The van der Waals surface area contributed by atoms with E-state index in [9.17, 15) is 0 Å². The van der Waals surface area contributed by atoms with E-state index >= 15 is 0 Å². The second kappa shape index (κ2) is 13.0. The number of ether oxygens (including phenoxy) is 2. The van der Waals surface area contributed by atoms with Crippen LogP contribution in [0.15, 0.2) is 53.5 Å². The molecule has 6 heteroatoms. The molecule has 0 saturated carbocycles. The number of nitrogens with one attached hydrogen (secondary N) is 2. The lowest BCUT2D eigenvalue weighted by atomic mass is 10.1. The topological polar surface area (TPSA) is 58.1 Å². The minimum absolute atomic E-state index is 0.675. The lowest BCUT2D eigenvalue weighted by molar-refractivity contribution is 0.0341. The molecule has 0 atom stereocenters. The Hall–Kier alpha value is -2.57. The van der Waals surface area contributed by atoms with Crippen LogP contribution in [-0.4, -0.2) is 57.4 Å². The maximum atomic E-state index is 5.47. The summed E-state index contributed by atoms with van der Waals surface area (Å²) < 4.78 is 10.7. The molecule has 6 nitrogen and oxygen atoms in total. The first-order valence-electron chi connectivity index (χ1n) is 11.3. The Balaban J connectivity index is 1.50. The van der Waals surface area contributed by atoms with Crippen molar-refractivity contribution in [2.75, 3.05) is 46.5 Å². The number of guanidine groups is 1. The summed E-state index contributed by atoms with van der Waals surface area (Å²) in [5, 5.41) is 6.83. The van der Waals surface area contributed by atoms with Crippen molar-refractivity contribution in [1.29, 1.82) is 0 Å². The summed E-state index contributed by atoms with van der Waals surface area (Å²) in [5.74, 6) is 1.77. The number of aryl methyl sites for hydroxylation is 1. The van der Waals surface area contributed by atoms with Crippen molar-refractivity contribution in [2.24, 2.45) is 4.99 Å². The molecule has 0 aliphatic carbocycles. The van der Waals surface area contributed by atoms with E-state index < -0.39 is 0 Å². The third kappa shape index (κ3) is 7.89. The number of methoxy groups -OCH3 is 1. The molecule has 0 spiro atoms. The van der Waals surface area contributed by atoms with Gasteiger partial charge >= 0.3 is 0 Å². The Morgan fingerprint density at radius 1 is 1.03 bits per heavy atom. The average Bonchev–Trinajstić information content (AvgIpc) is 2.82. The van der Waals surface area contributed by atoms with Crippen LogP contribution < -0.4 is 15.4 Å². The van der Waals surface area contributed by atoms with Crippen LogP contribution >= 0.6 is 0 Å². The van der Waals surface area contributed by atoms with Gasteiger partial charge in [-0.3, -0.25) is 4.90 Å². The first-order valence-corrected chi connectivity index (χ1v) is 11.3. The second-order valence-electron chi connectivity index (χ2n) is 7.73. The van der Waals surface area contributed by atoms with Crippen molar-refractivity contribution in [1.82, 2.24) is 15.5 Å². The Labute approximate surface area is 186 Å². The van der Waals surface area contributed by atoms with Crippen molar-refractivity contribution < 1.29 is 9.47 Å². The summed E-state index contributed by atoms with van der Waals surface area (Å²) in [6.07, 6.45) is 2.07. The summed E-state index contributed by atoms with van der Waals surface area (Å²) >= 11 is 0. The lowest BCUT2D eigenvalue weighted by Crippen LogP contribution is -2.38. The van der Waals surface area contributed by atoms with E-state index in [0.717, 1.165) is 70.5 Å². The summed E-state index contributed by atoms with van der Waals surface area (Å²) in [5.41, 5.74) is 3.95. The zero-order valence-corrected chi connectivity index (χ0v) is 18.9. The maximum Gasteiger partial charge on any atom is 0.191 e. The predicted octanol–water partition coefficient (Wildman–Crippen LogP) is 3.22. The van der Waals surface area contributed by atoms with Gasteiger partial charge in [-0.1, -0.05) is 36.4 Å². The molecule has 2 aromatic carbocycles. The van der Waals surface area contributed by atoms with Gasteiger partial charge in [-0.25, -0.2) is 4.99 Å². The van der Waals surface area contributed by atoms with Crippen LogP contribution in [-0.2, 0) is 24.2 Å². The molecular weight excluding hydrogens is 388 g/mol. The molecule has 1 fully saturated rings. The lowest BCUT2D eigenvalue weighted by Gasteiger charge is -2.27. The Bertz CT molecular complexity index is 801. The third-order valence-corrected chi connectivity index (χ3v) is 5.46. The Morgan fingerprint density at radius 3 is 2.48 bits per heavy atom. The van der Waals surface area contributed by atoms with E-state index in [2.05, 4.69) is 58.9 Å². The molecule has 0 radical (unpaired) electrons. The third-order valence-electron chi connectivity index (χ3n) is 5.46. The molecular formula is C25H36N4O2. The molecule has 3 rings (SSSR count). The van der Waals surface area contributed by atoms with Gasteiger partial charge in [0.2, 0.25) is 0 Å². The fraction of sp³-hybridized carbons (Fsp3) is 0.480. The molecule has 0 amide bonds. The highest BCUT2D eigenvalue weighted by atomic mass is 16.5. The molecule has 1 heterocycles. The van der Waals surface area contributed by atoms with Crippen LogP contribution in [0.4, 0.5) is 0 Å². The molecule has 0 unspecified atom stereocenters. The van der Waals surface area contributed by atoms with Gasteiger partial charge in [0.25, 0.3) is 0 Å². The maximum absolute atomic E-state index is 5.47. The van der Waals surface area contributed by atoms with E-state index in [0.29, 0.717) is 6.54 Å². The second-order valence-corrected chi connectivity index (χ2v) is 7.73. The monoisotopic (exact) mass is 424 g/mol. The molecule has 1 aliphatic heterocycles. The highest BCUT2D eigenvalue weighted by Gasteiger charge is 2.12. The molecule has 2 aromatic rings. The molecule has 0 bridgehead atoms. The normalized spacial score (nSPS) is 15.0. The molecule has 168 valence electrons. The van der Waals surface area contributed by atoms with E-state index in [1.165, 1.54) is 16.7 Å². The van der Waals surface area contributed by atoms with Gasteiger partial charge < -0.3 is 20.1 Å². The van der Waals surface area contributed by atoms with Gasteiger partial charge in [0.15, 0.2) is 5.96 Å². The first-order chi connectivity index (χ1) is 15.3. The number of hydrogen-bond donors (Lipinski definition) is 2. The highest BCUT2D eigenvalue weighted by Crippen LogP contribution is 2.14. The van der Waals surface area contributed by atoms with Gasteiger partial charge in [-0.2, -0.15) is 0 Å². The number of hydrogen-bond acceptors (Lipinski definition) is 4. The SMILES string of the molecule is CCNC(=NCc1ccccc1CN1CCOCC1)NCCCc1ccc(OC)cc1. The fourth-order valence-corrected chi connectivity index (χ4v) is 3.66. The Morgan fingerprint density at radius 2 is 1.77 bits per heavy atom. The van der Waals surface area contributed by atoms with Crippen LogP contribution in [0.25, 0.3) is 0 Å². The van der Waals surface area contributed by atoms with Gasteiger partial charge in [0, 0.05) is 32.7 Å². The fourth-order valence-electron chi connectivity index (χ4n) is 3.66. The van der Waals surface area contributed by atoms with Gasteiger partial charge in [-0.15, -0.1) is 0 Å². The van der Waals surface area contributed by atoms with E-state index in [-0.39, 0.29) is 0 Å². The minimum atomic E-state index is 0.675. The van der Waals surface area contributed by atoms with Crippen molar-refractivity contribution >= 4 is 5.96 Å². The van der Waals surface area contributed by atoms with Gasteiger partial charge in [0.1, 0.15) is 5.75 Å². The summed E-state index contributed by atoms with van der Waals surface area (Å²) in [6, 6.07) is 16.9. The summed E-state index contributed by atoms with van der Waals surface area (Å²) in [6.45, 7) is 9.10. The zero-order valence-electron chi connectivity index (χ0n) is 18.9. The molecule has 2 N–H and O–H groups in total. The summed E-state index contributed by atoms with van der Waals surface area (Å²) in [4.78, 5) is 7.29. The van der Waals surface area contributed by atoms with Crippen LogP contribution in [0.5, 0.6) is 5.75 Å². The zero-order chi connectivity index (χ0) is 21.7. The largest absolute Gasteiger partial charge is 0.497 e. The van der Waals surface area contributed by atoms with Crippen molar-refractivity contribution in [3.63, 3.8) is 0 Å². The predicted molar refractivity (Wildman–Crippen MR) is 127 cm³/mol. The summed E-state index contributed by atoms with van der Waals surface area (Å²) in [7, 11) is 1.70. The number of benzene rings is 2. The highest BCUT2D eigenvalue weighted by molar-refractivity contribution is 5.79. The van der Waals surface area contributed by atoms with E-state index in [4.69, 9.17) is 14.5 Å². The van der Waals surface area contributed by atoms with Gasteiger partial charge in [-0.05, 0) is 48.6 Å². The quantitative estimate of drug-likeness (QED) is 0.348. The van der Waals surface area contributed by atoms with Gasteiger partial charge in [0.05, 0.1) is 26.9 Å². The van der Waals surface area contributed by atoms with Crippen molar-refractivity contribution in [3.8, 4) is 5.75 Å².